The Bertz CT molecular complexity index is 1230. The lowest BCUT2D eigenvalue weighted by atomic mass is 10.2. The van der Waals surface area contributed by atoms with E-state index in [9.17, 15) is 18.8 Å². The highest BCUT2D eigenvalue weighted by Gasteiger charge is 2.14. The van der Waals surface area contributed by atoms with Crippen LogP contribution in [0.25, 0.3) is 11.8 Å². The zero-order valence-corrected chi connectivity index (χ0v) is 18.7. The summed E-state index contributed by atoms with van der Waals surface area (Å²) in [6.45, 7) is 1.06. The second-order valence-corrected chi connectivity index (χ2v) is 7.37. The molecule has 0 radical (unpaired) electrons. The lowest BCUT2D eigenvalue weighted by Crippen LogP contribution is -2.43. The van der Waals surface area contributed by atoms with E-state index >= 15 is 0 Å². The van der Waals surface area contributed by atoms with Gasteiger partial charge in [0.2, 0.25) is 0 Å². The molecule has 0 aliphatic heterocycles. The lowest BCUT2D eigenvalue weighted by Gasteiger charge is -2.08. The Morgan fingerprint density at radius 1 is 1.09 bits per heavy atom. The number of benzene rings is 2. The van der Waals surface area contributed by atoms with Crippen LogP contribution in [0.5, 0.6) is 0 Å². The van der Waals surface area contributed by atoms with Gasteiger partial charge in [0.1, 0.15) is 11.0 Å². The van der Waals surface area contributed by atoms with Crippen molar-refractivity contribution in [3.63, 3.8) is 0 Å². The molecule has 0 fully saturated rings. The number of hydrogen-bond acceptors (Lipinski definition) is 5. The van der Waals surface area contributed by atoms with Crippen LogP contribution in [0.3, 0.4) is 0 Å². The highest BCUT2D eigenvalue weighted by molar-refractivity contribution is 6.33. The van der Waals surface area contributed by atoms with Crippen molar-refractivity contribution >= 4 is 47.1 Å². The largest absolute Gasteiger partial charge is 0.452 e. The summed E-state index contributed by atoms with van der Waals surface area (Å²) in [5, 5.41) is 4.71. The highest BCUT2D eigenvalue weighted by Crippen LogP contribution is 2.25. The van der Waals surface area contributed by atoms with Gasteiger partial charge in [-0.15, -0.1) is 0 Å². The summed E-state index contributed by atoms with van der Waals surface area (Å²) in [5.74, 6) is -2.58. The number of hydrazine groups is 1. The summed E-state index contributed by atoms with van der Waals surface area (Å²) >= 11 is 12.2. The van der Waals surface area contributed by atoms with E-state index in [0.29, 0.717) is 16.9 Å². The maximum Gasteiger partial charge on any atom is 0.331 e. The third kappa shape index (κ3) is 6.18. The van der Waals surface area contributed by atoms with Crippen LogP contribution in [0.15, 0.2) is 54.6 Å². The van der Waals surface area contributed by atoms with Crippen LogP contribution in [0.1, 0.15) is 21.6 Å². The predicted molar refractivity (Wildman–Crippen MR) is 120 cm³/mol. The second-order valence-electron chi connectivity index (χ2n) is 6.60. The molecule has 2 N–H and O–H groups in total. The third-order valence-corrected chi connectivity index (χ3v) is 4.98. The summed E-state index contributed by atoms with van der Waals surface area (Å²) in [4.78, 5) is 35.8. The first-order valence-corrected chi connectivity index (χ1v) is 10.2. The number of esters is 1. The number of amides is 2. The Kier molecular flexibility index (Phi) is 7.81. The maximum absolute atomic E-state index is 13.1. The van der Waals surface area contributed by atoms with E-state index in [0.717, 1.165) is 6.08 Å². The van der Waals surface area contributed by atoms with E-state index in [1.165, 1.54) is 47.2 Å². The minimum Gasteiger partial charge on any atom is -0.452 e. The van der Waals surface area contributed by atoms with Crippen molar-refractivity contribution in [1.29, 1.82) is 0 Å². The van der Waals surface area contributed by atoms with Crippen molar-refractivity contribution < 1.29 is 23.5 Å². The molecule has 0 atom stereocenters. The summed E-state index contributed by atoms with van der Waals surface area (Å²) in [7, 11) is 0. The van der Waals surface area contributed by atoms with Gasteiger partial charge in [0, 0.05) is 11.6 Å². The van der Waals surface area contributed by atoms with Crippen molar-refractivity contribution in [2.75, 3.05) is 6.61 Å². The number of carbonyl (C=O) groups excluding carboxylic acids is 3. The van der Waals surface area contributed by atoms with Crippen LogP contribution in [-0.2, 0) is 14.3 Å². The molecule has 170 valence electrons. The van der Waals surface area contributed by atoms with Crippen LogP contribution in [0.4, 0.5) is 4.39 Å². The van der Waals surface area contributed by atoms with Gasteiger partial charge in [-0.2, -0.15) is 5.10 Å². The van der Waals surface area contributed by atoms with Gasteiger partial charge in [-0.05, 0) is 49.4 Å². The van der Waals surface area contributed by atoms with Gasteiger partial charge in [-0.3, -0.25) is 20.4 Å². The van der Waals surface area contributed by atoms with Gasteiger partial charge >= 0.3 is 5.97 Å². The van der Waals surface area contributed by atoms with Gasteiger partial charge in [0.15, 0.2) is 6.61 Å². The van der Waals surface area contributed by atoms with E-state index in [1.54, 1.807) is 19.1 Å². The van der Waals surface area contributed by atoms with Crippen molar-refractivity contribution in [2.45, 2.75) is 6.92 Å². The van der Waals surface area contributed by atoms with Gasteiger partial charge < -0.3 is 4.74 Å². The van der Waals surface area contributed by atoms with Crippen LogP contribution >= 0.6 is 23.2 Å². The molecule has 3 aromatic rings. The molecule has 2 aromatic carbocycles. The Hall–Kier alpha value is -3.69. The van der Waals surface area contributed by atoms with E-state index in [4.69, 9.17) is 27.9 Å². The van der Waals surface area contributed by atoms with E-state index < -0.39 is 30.2 Å². The van der Waals surface area contributed by atoms with Crippen LogP contribution in [0, 0.1) is 12.7 Å². The Morgan fingerprint density at radius 3 is 2.48 bits per heavy atom. The smallest absolute Gasteiger partial charge is 0.331 e. The minimum atomic E-state index is -0.812. The lowest BCUT2D eigenvalue weighted by molar-refractivity contribution is -0.144. The number of ether oxygens (including phenoxy) is 1. The number of carbonyl (C=O) groups is 3. The highest BCUT2D eigenvalue weighted by atomic mass is 35.5. The first kappa shape index (κ1) is 24.0. The second kappa shape index (κ2) is 10.8. The van der Waals surface area contributed by atoms with E-state index in [-0.39, 0.29) is 15.7 Å². The van der Waals surface area contributed by atoms with Crippen LogP contribution < -0.4 is 10.9 Å². The number of halogens is 3. The fourth-order valence-electron chi connectivity index (χ4n) is 2.67. The summed E-state index contributed by atoms with van der Waals surface area (Å²) < 4.78 is 19.4. The molecule has 3 rings (SSSR count). The first-order valence-electron chi connectivity index (χ1n) is 9.46. The molecule has 1 aromatic heterocycles. The number of nitrogens with one attached hydrogen (secondary N) is 2. The molecule has 0 saturated heterocycles. The SMILES string of the molecule is Cc1nn(-c2ccc(F)cc2)c(Cl)c1/C=C/C(=O)OCC(=O)NNC(=O)c1ccccc1Cl. The van der Waals surface area contributed by atoms with Crippen molar-refractivity contribution in [1.82, 2.24) is 20.6 Å². The fourth-order valence-corrected chi connectivity index (χ4v) is 3.22. The zero-order valence-electron chi connectivity index (χ0n) is 17.1. The molecule has 0 spiro atoms. The number of nitrogens with zero attached hydrogens (tertiary/aromatic N) is 2. The predicted octanol–water partition coefficient (Wildman–Crippen LogP) is 3.64. The van der Waals surface area contributed by atoms with Gasteiger partial charge in [-0.1, -0.05) is 35.3 Å². The zero-order chi connectivity index (χ0) is 24.0. The summed E-state index contributed by atoms with van der Waals surface area (Å²) in [6, 6.07) is 11.9. The van der Waals surface area contributed by atoms with E-state index in [2.05, 4.69) is 16.0 Å². The number of rotatable bonds is 6. The molecule has 0 bridgehead atoms. The minimum absolute atomic E-state index is 0.174. The Balaban J connectivity index is 1.53. The molecule has 11 heteroatoms. The average Bonchev–Trinajstić information content (AvgIpc) is 3.08. The quantitative estimate of drug-likeness (QED) is 0.312. The van der Waals surface area contributed by atoms with Crippen molar-refractivity contribution in [3.05, 3.63) is 87.4 Å². The van der Waals surface area contributed by atoms with Crippen LogP contribution in [0.2, 0.25) is 10.2 Å². The number of aryl methyl sites for hydroxylation is 1. The third-order valence-electron chi connectivity index (χ3n) is 4.28. The topological polar surface area (TPSA) is 102 Å². The maximum atomic E-state index is 13.1. The fraction of sp³-hybridized carbons (Fsp3) is 0.0909. The molecule has 0 aliphatic carbocycles. The Morgan fingerprint density at radius 2 is 1.79 bits per heavy atom. The first-order chi connectivity index (χ1) is 15.8. The molecule has 0 aliphatic rings. The average molecular weight is 491 g/mol. The van der Waals surface area contributed by atoms with Gasteiger partial charge in [0.05, 0.1) is 22.0 Å². The molecule has 33 heavy (non-hydrogen) atoms. The molecule has 0 unspecified atom stereocenters. The molecular weight excluding hydrogens is 474 g/mol. The van der Waals surface area contributed by atoms with Gasteiger partial charge in [0.25, 0.3) is 11.8 Å². The standard InChI is InChI=1S/C22H17Cl2FN4O4/c1-13-16(21(24)29(28-13)15-8-6-14(25)7-9-15)10-11-20(31)33-12-19(30)26-27-22(32)17-4-2-3-5-18(17)23/h2-11H,12H2,1H3,(H,26,30)(H,27,32)/b11-10+. The molecule has 0 saturated carbocycles. The van der Waals surface area contributed by atoms with Crippen molar-refractivity contribution in [2.24, 2.45) is 0 Å². The molecular formula is C22H17Cl2FN4O4. The summed E-state index contributed by atoms with van der Waals surface area (Å²) in [6.07, 6.45) is 2.48. The summed E-state index contributed by atoms with van der Waals surface area (Å²) in [5.41, 5.74) is 5.99. The van der Waals surface area contributed by atoms with Crippen LogP contribution in [-0.4, -0.2) is 34.2 Å². The van der Waals surface area contributed by atoms with Gasteiger partial charge in [-0.25, -0.2) is 13.9 Å². The van der Waals surface area contributed by atoms with Crippen molar-refractivity contribution in [3.8, 4) is 5.69 Å². The van der Waals surface area contributed by atoms with E-state index in [1.807, 2.05) is 0 Å². The normalized spacial score (nSPS) is 10.8. The number of aromatic nitrogens is 2. The molecule has 1 heterocycles. The molecule has 8 nitrogen and oxygen atoms in total. The number of hydrogen-bond donors (Lipinski definition) is 2. The monoisotopic (exact) mass is 490 g/mol. The Labute approximate surface area is 197 Å². The molecule has 2 amide bonds.